The molecular weight excluding hydrogens is 428 g/mol. The molecular formula is C21H26N8O4. The third kappa shape index (κ3) is 4.12. The average Bonchev–Trinajstić information content (AvgIpc) is 3.28. The van der Waals surface area contributed by atoms with E-state index >= 15 is 0 Å². The van der Waals surface area contributed by atoms with Crippen molar-refractivity contribution >= 4 is 34.9 Å². The number of fused-ring (bicyclic) bond motifs is 1. The lowest BCUT2D eigenvalue weighted by molar-refractivity contribution is -0.130. The molecule has 12 nitrogen and oxygen atoms in total. The van der Waals surface area contributed by atoms with E-state index in [-0.39, 0.29) is 29.7 Å². The van der Waals surface area contributed by atoms with Crippen molar-refractivity contribution in [2.75, 3.05) is 13.1 Å². The van der Waals surface area contributed by atoms with Crippen LogP contribution in [0.2, 0.25) is 0 Å². The van der Waals surface area contributed by atoms with Gasteiger partial charge in [-0.2, -0.15) is 10.3 Å². The molecule has 4 N–H and O–H groups in total. The van der Waals surface area contributed by atoms with Crippen molar-refractivity contribution in [3.05, 3.63) is 17.8 Å². The Labute approximate surface area is 189 Å². The number of carbonyl (C=O) groups excluding carboxylic acids is 4. The maximum Gasteiger partial charge on any atom is 0.322 e. The van der Waals surface area contributed by atoms with Gasteiger partial charge in [-0.3, -0.25) is 19.7 Å². The van der Waals surface area contributed by atoms with Crippen LogP contribution < -0.4 is 16.0 Å². The maximum atomic E-state index is 13.0. The number of rotatable bonds is 3. The lowest BCUT2D eigenvalue weighted by Gasteiger charge is -2.49. The molecule has 0 radical (unpaired) electrons. The number of H-pyrrole nitrogens is 1. The number of hydrogen-bond donors (Lipinski definition) is 4. The molecule has 5 rings (SSSR count). The molecule has 0 aromatic carbocycles. The molecule has 2 aromatic rings. The molecule has 174 valence electrons. The number of nitrogens with zero attached hydrogens (tertiary/aromatic N) is 4. The van der Waals surface area contributed by atoms with Crippen molar-refractivity contribution in [2.45, 2.75) is 57.0 Å². The predicted molar refractivity (Wildman–Crippen MR) is 115 cm³/mol. The van der Waals surface area contributed by atoms with E-state index < -0.39 is 18.0 Å². The van der Waals surface area contributed by atoms with Crippen LogP contribution in [-0.2, 0) is 9.59 Å². The summed E-state index contributed by atoms with van der Waals surface area (Å²) in [5, 5.41) is 18.2. The molecule has 4 heterocycles. The van der Waals surface area contributed by atoms with Crippen molar-refractivity contribution in [1.29, 1.82) is 0 Å². The van der Waals surface area contributed by atoms with Gasteiger partial charge in [0.15, 0.2) is 0 Å². The van der Waals surface area contributed by atoms with Gasteiger partial charge in [-0.15, -0.1) is 5.10 Å². The summed E-state index contributed by atoms with van der Waals surface area (Å²) in [5.74, 6) is -0.920. The second-order valence-corrected chi connectivity index (χ2v) is 9.10. The molecule has 0 bridgehead atoms. The van der Waals surface area contributed by atoms with Crippen LogP contribution in [0.5, 0.6) is 0 Å². The molecule has 2 aliphatic heterocycles. The van der Waals surface area contributed by atoms with Crippen LogP contribution in [0.25, 0.3) is 11.2 Å². The predicted octanol–water partition coefficient (Wildman–Crippen LogP) is 0.232. The number of imide groups is 1. The molecule has 33 heavy (non-hydrogen) atoms. The summed E-state index contributed by atoms with van der Waals surface area (Å²) in [6.07, 6.45) is 5.38. The van der Waals surface area contributed by atoms with Crippen molar-refractivity contribution in [2.24, 2.45) is 5.41 Å². The van der Waals surface area contributed by atoms with E-state index in [1.54, 1.807) is 17.0 Å². The summed E-state index contributed by atoms with van der Waals surface area (Å²) in [6.45, 7) is 1.15. The van der Waals surface area contributed by atoms with Crippen LogP contribution in [0.15, 0.2) is 12.1 Å². The molecule has 2 atom stereocenters. The van der Waals surface area contributed by atoms with E-state index in [1.165, 1.54) is 0 Å². The van der Waals surface area contributed by atoms with Crippen LogP contribution in [0.3, 0.4) is 0 Å². The van der Waals surface area contributed by atoms with Gasteiger partial charge in [-0.25, -0.2) is 9.78 Å². The van der Waals surface area contributed by atoms with E-state index in [0.717, 1.165) is 38.5 Å². The Morgan fingerprint density at radius 1 is 1.09 bits per heavy atom. The Morgan fingerprint density at radius 2 is 1.91 bits per heavy atom. The smallest absolute Gasteiger partial charge is 0.322 e. The highest BCUT2D eigenvalue weighted by Gasteiger charge is 2.45. The fourth-order valence-electron chi connectivity index (χ4n) is 5.34. The minimum atomic E-state index is -0.857. The van der Waals surface area contributed by atoms with Crippen LogP contribution in [-0.4, -0.2) is 74.2 Å². The van der Waals surface area contributed by atoms with Crippen LogP contribution in [0.1, 0.15) is 55.4 Å². The number of urea groups is 1. The number of aromatic nitrogens is 4. The molecule has 12 heteroatoms. The van der Waals surface area contributed by atoms with Crippen LogP contribution in [0, 0.1) is 5.41 Å². The van der Waals surface area contributed by atoms with E-state index in [0.29, 0.717) is 29.9 Å². The van der Waals surface area contributed by atoms with Gasteiger partial charge in [0.1, 0.15) is 17.3 Å². The summed E-state index contributed by atoms with van der Waals surface area (Å²) >= 11 is 0. The highest BCUT2D eigenvalue weighted by molar-refractivity contribution is 6.02. The number of aromatic amines is 1. The fourth-order valence-corrected chi connectivity index (χ4v) is 5.34. The van der Waals surface area contributed by atoms with E-state index in [2.05, 4.69) is 36.3 Å². The van der Waals surface area contributed by atoms with Crippen molar-refractivity contribution in [3.8, 4) is 0 Å². The Kier molecular flexibility index (Phi) is 5.43. The summed E-state index contributed by atoms with van der Waals surface area (Å²) in [7, 11) is 0. The summed E-state index contributed by atoms with van der Waals surface area (Å²) in [6, 6.07) is 1.83. The third-order valence-corrected chi connectivity index (χ3v) is 7.18. The number of amides is 5. The first kappa shape index (κ1) is 21.3. The van der Waals surface area contributed by atoms with Gasteiger partial charge >= 0.3 is 6.03 Å². The van der Waals surface area contributed by atoms with Gasteiger partial charge in [0.2, 0.25) is 17.5 Å². The zero-order valence-electron chi connectivity index (χ0n) is 18.1. The Hall–Kier alpha value is -3.57. The fraction of sp³-hybridized carbons (Fsp3) is 0.571. The average molecular weight is 454 g/mol. The number of piperidine rings is 1. The first-order chi connectivity index (χ1) is 15.9. The minimum Gasteiger partial charge on any atom is -0.351 e. The third-order valence-electron chi connectivity index (χ3n) is 7.18. The number of pyridine rings is 1. The lowest BCUT2D eigenvalue weighted by Crippen LogP contribution is -2.61. The number of likely N-dealkylation sites (tertiary alicyclic amines) is 1. The van der Waals surface area contributed by atoms with Crippen LogP contribution >= 0.6 is 0 Å². The highest BCUT2D eigenvalue weighted by Crippen LogP contribution is 2.45. The number of hydrogen-bond acceptors (Lipinski definition) is 7. The van der Waals surface area contributed by atoms with Crippen molar-refractivity contribution in [3.63, 3.8) is 0 Å². The Bertz CT molecular complexity index is 1090. The molecule has 1 aliphatic carbocycles. The topological polar surface area (TPSA) is 162 Å². The summed E-state index contributed by atoms with van der Waals surface area (Å²) < 4.78 is 0. The highest BCUT2D eigenvalue weighted by atomic mass is 16.2. The molecule has 3 fully saturated rings. The van der Waals surface area contributed by atoms with Gasteiger partial charge in [0.05, 0.1) is 6.42 Å². The van der Waals surface area contributed by atoms with Crippen molar-refractivity contribution < 1.29 is 19.2 Å². The monoisotopic (exact) mass is 454 g/mol. The van der Waals surface area contributed by atoms with E-state index in [1.807, 2.05) is 0 Å². The first-order valence-electron chi connectivity index (χ1n) is 11.3. The lowest BCUT2D eigenvalue weighted by atomic mass is 9.64. The van der Waals surface area contributed by atoms with Gasteiger partial charge < -0.3 is 15.5 Å². The van der Waals surface area contributed by atoms with Gasteiger partial charge in [-0.05, 0) is 43.2 Å². The van der Waals surface area contributed by atoms with Gasteiger partial charge in [0, 0.05) is 19.1 Å². The molecule has 2 saturated heterocycles. The van der Waals surface area contributed by atoms with Gasteiger partial charge in [0.25, 0.3) is 5.91 Å². The first-order valence-corrected chi connectivity index (χ1v) is 11.3. The summed E-state index contributed by atoms with van der Waals surface area (Å²) in [5.41, 5.74) is 1.26. The van der Waals surface area contributed by atoms with Gasteiger partial charge in [-0.1, -0.05) is 12.8 Å². The van der Waals surface area contributed by atoms with Crippen LogP contribution in [0.4, 0.5) is 4.79 Å². The molecule has 1 saturated carbocycles. The molecule has 1 spiro atoms. The normalized spacial score (nSPS) is 24.9. The minimum absolute atomic E-state index is 0.0532. The number of nitrogens with one attached hydrogen (secondary N) is 4. The molecule has 3 aliphatic rings. The quantitative estimate of drug-likeness (QED) is 0.516. The zero-order chi connectivity index (χ0) is 23.0. The standard InChI is InChI=1S/C21H26N8O4/c30-16-11-14(23-20(33)25-16)18(31)24-15-3-1-2-6-21(15)7-9-29(10-8-21)19(32)13-5-4-12-17(22-13)27-28-26-12/h4-5,14-15H,1-3,6-11H2,(H,24,31)(H,22,26,27,28)(H2,23,25,30,33)/t14-,15?/m0/s1. The Balaban J connectivity index is 1.24. The second kappa shape index (κ2) is 8.41. The second-order valence-electron chi connectivity index (χ2n) is 9.10. The van der Waals surface area contributed by atoms with E-state index in [4.69, 9.17) is 0 Å². The molecule has 2 aromatic heterocycles. The SMILES string of the molecule is O=C1C[C@@H](C(=O)NC2CCCCC23CCN(C(=O)c2ccc4n[nH]nc4n2)CC3)NC(=O)N1. The number of carbonyl (C=O) groups is 4. The zero-order valence-corrected chi connectivity index (χ0v) is 18.1. The van der Waals surface area contributed by atoms with Crippen molar-refractivity contribution in [1.82, 2.24) is 41.2 Å². The largest absolute Gasteiger partial charge is 0.351 e. The Morgan fingerprint density at radius 3 is 2.70 bits per heavy atom. The molecule has 1 unspecified atom stereocenters. The van der Waals surface area contributed by atoms with E-state index in [9.17, 15) is 19.2 Å². The summed E-state index contributed by atoms with van der Waals surface area (Å²) in [4.78, 5) is 55.2. The molecule has 5 amide bonds. The maximum absolute atomic E-state index is 13.0.